The molecule has 0 radical (unpaired) electrons. The zero-order valence-electron chi connectivity index (χ0n) is 7.82. The van der Waals surface area contributed by atoms with Gasteiger partial charge in [-0.25, -0.2) is 0 Å². The second kappa shape index (κ2) is 3.41. The van der Waals surface area contributed by atoms with Gasteiger partial charge in [-0.15, -0.1) is 0 Å². The van der Waals surface area contributed by atoms with E-state index in [1.807, 2.05) is 24.3 Å². The molecule has 0 bridgehead atoms. The molecule has 0 aliphatic carbocycles. The topological polar surface area (TPSA) is 63.9 Å². The third kappa shape index (κ3) is 1.42. The van der Waals surface area contributed by atoms with Gasteiger partial charge in [0.2, 0.25) is 0 Å². The monoisotopic (exact) mass is 189 g/mol. The molecule has 14 heavy (non-hydrogen) atoms. The highest BCUT2D eigenvalue weighted by molar-refractivity contribution is 5.67. The molecule has 2 rings (SSSR count). The molecule has 1 heterocycles. The summed E-state index contributed by atoms with van der Waals surface area (Å²) >= 11 is 0. The number of nitrogens with one attached hydrogen (secondary N) is 1. The molecular formula is C10H11N3O. The Kier molecular flexibility index (Phi) is 2.10. The predicted molar refractivity (Wildman–Crippen MR) is 55.0 cm³/mol. The second-order valence-corrected chi connectivity index (χ2v) is 2.93. The Balaban J connectivity index is 2.43. The maximum Gasteiger partial charge on any atom is 0.141 e. The van der Waals surface area contributed by atoms with E-state index in [9.17, 15) is 0 Å². The first-order chi connectivity index (χ1) is 6.81. The van der Waals surface area contributed by atoms with Gasteiger partial charge in [-0.3, -0.25) is 5.10 Å². The van der Waals surface area contributed by atoms with Crippen molar-refractivity contribution in [2.75, 3.05) is 12.8 Å². The van der Waals surface area contributed by atoms with Crippen LogP contribution >= 0.6 is 0 Å². The fourth-order valence-electron chi connectivity index (χ4n) is 1.32. The maximum atomic E-state index is 5.78. The number of nitrogens with zero attached hydrogens (tertiary/aromatic N) is 1. The molecular weight excluding hydrogens is 178 g/mol. The number of rotatable bonds is 2. The number of nitrogens with two attached hydrogens (primary N) is 1. The van der Waals surface area contributed by atoms with E-state index >= 15 is 0 Å². The minimum atomic E-state index is 0.625. The number of ether oxygens (including phenoxy) is 1. The van der Waals surface area contributed by atoms with Crippen molar-refractivity contribution >= 4 is 5.69 Å². The zero-order valence-corrected chi connectivity index (χ0v) is 7.82. The van der Waals surface area contributed by atoms with Crippen LogP contribution in [0.1, 0.15) is 0 Å². The fraction of sp³-hybridized carbons (Fsp3) is 0.100. The van der Waals surface area contributed by atoms with Crippen LogP contribution in [0.15, 0.2) is 30.5 Å². The molecule has 4 nitrogen and oxygen atoms in total. The number of hydrogen-bond acceptors (Lipinski definition) is 3. The number of anilines is 1. The highest BCUT2D eigenvalue weighted by Crippen LogP contribution is 2.26. The van der Waals surface area contributed by atoms with Gasteiger partial charge in [-0.2, -0.15) is 5.10 Å². The summed E-state index contributed by atoms with van der Waals surface area (Å²) in [5.41, 5.74) is 8.35. The molecule has 0 fully saturated rings. The van der Waals surface area contributed by atoms with E-state index in [2.05, 4.69) is 10.2 Å². The lowest BCUT2D eigenvalue weighted by molar-refractivity contribution is 0.417. The van der Waals surface area contributed by atoms with Crippen molar-refractivity contribution in [1.29, 1.82) is 0 Å². The third-order valence-electron chi connectivity index (χ3n) is 2.04. The molecule has 72 valence electrons. The summed E-state index contributed by atoms with van der Waals surface area (Å²) in [4.78, 5) is 0. The third-order valence-corrected chi connectivity index (χ3v) is 2.04. The van der Waals surface area contributed by atoms with Gasteiger partial charge < -0.3 is 10.5 Å². The van der Waals surface area contributed by atoms with Crippen LogP contribution in [0.3, 0.4) is 0 Å². The van der Waals surface area contributed by atoms with Crippen molar-refractivity contribution in [2.24, 2.45) is 0 Å². The van der Waals surface area contributed by atoms with Crippen molar-refractivity contribution in [1.82, 2.24) is 10.2 Å². The molecule has 1 aromatic heterocycles. The van der Waals surface area contributed by atoms with E-state index in [1.165, 1.54) is 0 Å². The van der Waals surface area contributed by atoms with Crippen molar-refractivity contribution < 1.29 is 4.74 Å². The predicted octanol–water partition coefficient (Wildman–Crippen LogP) is 1.67. The number of aromatic amines is 1. The average molecular weight is 189 g/mol. The van der Waals surface area contributed by atoms with Gasteiger partial charge >= 0.3 is 0 Å². The molecule has 0 spiro atoms. The number of H-pyrrole nitrogens is 1. The standard InChI is InChI=1S/C10H11N3O/c1-14-10-3-2-7(6-8(10)11)9-4-5-12-13-9/h2-6H,11H2,1H3,(H,12,13). The van der Waals surface area contributed by atoms with E-state index in [0.717, 1.165) is 11.3 Å². The van der Waals surface area contributed by atoms with Gasteiger partial charge in [0.1, 0.15) is 5.75 Å². The normalized spacial score (nSPS) is 10.1. The summed E-state index contributed by atoms with van der Waals surface area (Å²) in [5.74, 6) is 0.688. The summed E-state index contributed by atoms with van der Waals surface area (Å²) < 4.78 is 5.07. The SMILES string of the molecule is COc1ccc(-c2ccn[nH]2)cc1N. The summed E-state index contributed by atoms with van der Waals surface area (Å²) in [7, 11) is 1.60. The largest absolute Gasteiger partial charge is 0.495 e. The Morgan fingerprint density at radius 1 is 1.36 bits per heavy atom. The first-order valence-corrected chi connectivity index (χ1v) is 4.24. The molecule has 0 atom stereocenters. The minimum absolute atomic E-state index is 0.625. The first kappa shape index (κ1) is 8.62. The number of benzene rings is 1. The van der Waals surface area contributed by atoms with E-state index in [1.54, 1.807) is 13.3 Å². The molecule has 0 amide bonds. The van der Waals surface area contributed by atoms with Crippen LogP contribution in [0, 0.1) is 0 Å². The molecule has 3 N–H and O–H groups in total. The fourth-order valence-corrected chi connectivity index (χ4v) is 1.32. The van der Waals surface area contributed by atoms with Crippen molar-refractivity contribution in [3.8, 4) is 17.0 Å². The minimum Gasteiger partial charge on any atom is -0.495 e. The van der Waals surface area contributed by atoms with Crippen LogP contribution in [0.4, 0.5) is 5.69 Å². The number of methoxy groups -OCH3 is 1. The molecule has 0 saturated heterocycles. The van der Waals surface area contributed by atoms with E-state index < -0.39 is 0 Å². The zero-order chi connectivity index (χ0) is 9.97. The van der Waals surface area contributed by atoms with Crippen molar-refractivity contribution in [3.05, 3.63) is 30.5 Å². The molecule has 4 heteroatoms. The first-order valence-electron chi connectivity index (χ1n) is 4.24. The summed E-state index contributed by atoms with van der Waals surface area (Å²) in [6.07, 6.45) is 1.70. The van der Waals surface area contributed by atoms with Gasteiger partial charge in [0, 0.05) is 11.8 Å². The van der Waals surface area contributed by atoms with Gasteiger partial charge in [-0.1, -0.05) is 0 Å². The van der Waals surface area contributed by atoms with Crippen molar-refractivity contribution in [2.45, 2.75) is 0 Å². The summed E-state index contributed by atoms with van der Waals surface area (Å²) in [6, 6.07) is 7.52. The Morgan fingerprint density at radius 3 is 2.79 bits per heavy atom. The average Bonchev–Trinajstić information content (AvgIpc) is 2.70. The van der Waals surface area contributed by atoms with E-state index in [4.69, 9.17) is 10.5 Å². The van der Waals surface area contributed by atoms with Crippen LogP contribution in [0.2, 0.25) is 0 Å². The summed E-state index contributed by atoms with van der Waals surface area (Å²) in [6.45, 7) is 0. The van der Waals surface area contributed by atoms with Gasteiger partial charge in [0.05, 0.1) is 18.5 Å². The number of aromatic nitrogens is 2. The smallest absolute Gasteiger partial charge is 0.141 e. The number of hydrogen-bond donors (Lipinski definition) is 2. The molecule has 0 saturated carbocycles. The van der Waals surface area contributed by atoms with Gasteiger partial charge in [0.15, 0.2) is 0 Å². The molecule has 2 aromatic rings. The highest BCUT2D eigenvalue weighted by atomic mass is 16.5. The van der Waals surface area contributed by atoms with Gasteiger partial charge in [-0.05, 0) is 24.3 Å². The molecule has 0 aliphatic heterocycles. The summed E-state index contributed by atoms with van der Waals surface area (Å²) in [5, 5.41) is 6.75. The maximum absolute atomic E-state index is 5.78. The van der Waals surface area contributed by atoms with Gasteiger partial charge in [0.25, 0.3) is 0 Å². The molecule has 0 unspecified atom stereocenters. The van der Waals surface area contributed by atoms with Crippen LogP contribution in [0.5, 0.6) is 5.75 Å². The highest BCUT2D eigenvalue weighted by Gasteiger charge is 2.02. The lowest BCUT2D eigenvalue weighted by atomic mass is 10.1. The Morgan fingerprint density at radius 2 is 2.21 bits per heavy atom. The lowest BCUT2D eigenvalue weighted by Crippen LogP contribution is -1.92. The van der Waals surface area contributed by atoms with E-state index in [-0.39, 0.29) is 0 Å². The van der Waals surface area contributed by atoms with Crippen LogP contribution < -0.4 is 10.5 Å². The Bertz CT molecular complexity index is 423. The Labute approximate surface area is 81.7 Å². The van der Waals surface area contributed by atoms with Crippen LogP contribution in [-0.2, 0) is 0 Å². The second-order valence-electron chi connectivity index (χ2n) is 2.93. The van der Waals surface area contributed by atoms with E-state index in [0.29, 0.717) is 11.4 Å². The quantitative estimate of drug-likeness (QED) is 0.706. The number of nitrogen functional groups attached to an aromatic ring is 1. The molecule has 1 aromatic carbocycles. The lowest BCUT2D eigenvalue weighted by Gasteiger charge is -2.05. The van der Waals surface area contributed by atoms with Crippen molar-refractivity contribution in [3.63, 3.8) is 0 Å². The Hall–Kier alpha value is -1.97. The molecule has 0 aliphatic rings. The van der Waals surface area contributed by atoms with Crippen LogP contribution in [-0.4, -0.2) is 17.3 Å². The van der Waals surface area contributed by atoms with Crippen LogP contribution in [0.25, 0.3) is 11.3 Å².